The second-order valence-electron chi connectivity index (χ2n) is 13.0. The summed E-state index contributed by atoms with van der Waals surface area (Å²) in [5.41, 5.74) is 14.9. The summed E-state index contributed by atoms with van der Waals surface area (Å²) in [4.78, 5) is 19.4. The molecule has 10 rings (SSSR count). The molecule has 4 heterocycles. The Labute approximate surface area is 311 Å². The largest absolute Gasteiger partial charge is 0.436 e. The number of fused-ring (bicyclic) bond motifs is 2. The number of nitrogens with zero attached hydrogens (tertiary/aromatic N) is 4. The van der Waals surface area contributed by atoms with Gasteiger partial charge in [0.1, 0.15) is 11.0 Å². The lowest BCUT2D eigenvalue weighted by molar-refractivity contribution is 0.619. The Hall–Kier alpha value is -7.44. The predicted octanol–water partition coefficient (Wildman–Crippen LogP) is 12.4. The average Bonchev–Trinajstić information content (AvgIpc) is 3.89. The SMILES string of the molecule is c1ccc(-c2ccc(-c3ccc(-c4ccccc4-c4nc5ccccc5o4)cc3)c(-c3ccc(-c4ccccc4-c4nc5ccccc5o4)cc3)n2)nc1. The average molecular weight is 695 g/mol. The molecule has 4 aromatic heterocycles. The van der Waals surface area contributed by atoms with E-state index in [0.29, 0.717) is 11.8 Å². The summed E-state index contributed by atoms with van der Waals surface area (Å²) in [5.74, 6) is 1.20. The Morgan fingerprint density at radius 3 is 1.30 bits per heavy atom. The predicted molar refractivity (Wildman–Crippen MR) is 215 cm³/mol. The van der Waals surface area contributed by atoms with Crippen molar-refractivity contribution in [3.63, 3.8) is 0 Å². The zero-order valence-corrected chi connectivity index (χ0v) is 28.9. The molecule has 0 amide bonds. The normalized spacial score (nSPS) is 11.3. The number of benzene rings is 6. The van der Waals surface area contributed by atoms with E-state index in [1.165, 1.54) is 0 Å². The summed E-state index contributed by atoms with van der Waals surface area (Å²) in [5, 5.41) is 0. The van der Waals surface area contributed by atoms with Gasteiger partial charge in [-0.1, -0.05) is 115 Å². The van der Waals surface area contributed by atoms with Crippen LogP contribution in [-0.2, 0) is 0 Å². The van der Waals surface area contributed by atoms with Crippen molar-refractivity contribution in [3.8, 4) is 78.9 Å². The lowest BCUT2D eigenvalue weighted by atomic mass is 9.93. The second kappa shape index (κ2) is 13.3. The van der Waals surface area contributed by atoms with Gasteiger partial charge in [0.25, 0.3) is 0 Å². The number of rotatable bonds is 7. The molecule has 0 radical (unpaired) electrons. The van der Waals surface area contributed by atoms with Crippen LogP contribution in [0.3, 0.4) is 0 Å². The minimum absolute atomic E-state index is 0.600. The molecule has 54 heavy (non-hydrogen) atoms. The minimum atomic E-state index is 0.600. The van der Waals surface area contributed by atoms with Gasteiger partial charge in [-0.05, 0) is 88.5 Å². The first-order valence-corrected chi connectivity index (χ1v) is 17.8. The van der Waals surface area contributed by atoms with Crippen LogP contribution in [0.2, 0.25) is 0 Å². The number of aromatic nitrogens is 4. The minimum Gasteiger partial charge on any atom is -0.436 e. The summed E-state index contributed by atoms with van der Waals surface area (Å²) < 4.78 is 12.3. The van der Waals surface area contributed by atoms with Crippen LogP contribution in [0.4, 0.5) is 0 Å². The lowest BCUT2D eigenvalue weighted by Gasteiger charge is -2.14. The number of oxazole rings is 2. The third-order valence-corrected chi connectivity index (χ3v) is 9.70. The highest BCUT2D eigenvalue weighted by Gasteiger charge is 2.17. The van der Waals surface area contributed by atoms with Gasteiger partial charge in [0, 0.05) is 28.5 Å². The quantitative estimate of drug-likeness (QED) is 0.165. The fourth-order valence-electron chi connectivity index (χ4n) is 7.02. The molecule has 0 aliphatic rings. The second-order valence-corrected chi connectivity index (χ2v) is 13.0. The molecule has 0 aliphatic heterocycles. The van der Waals surface area contributed by atoms with Crippen LogP contribution >= 0.6 is 0 Å². The molecule has 6 heteroatoms. The van der Waals surface area contributed by atoms with Crippen molar-refractivity contribution in [2.45, 2.75) is 0 Å². The molecule has 0 spiro atoms. The third-order valence-electron chi connectivity index (χ3n) is 9.70. The van der Waals surface area contributed by atoms with Gasteiger partial charge in [-0.2, -0.15) is 0 Å². The molecule has 0 unspecified atom stereocenters. The fourth-order valence-corrected chi connectivity index (χ4v) is 7.02. The molecule has 0 atom stereocenters. The number of pyridine rings is 2. The molecule has 0 saturated carbocycles. The van der Waals surface area contributed by atoms with E-state index in [-0.39, 0.29) is 0 Å². The maximum Gasteiger partial charge on any atom is 0.227 e. The molecule has 0 N–H and O–H groups in total. The van der Waals surface area contributed by atoms with Gasteiger partial charge in [-0.3, -0.25) is 4.98 Å². The van der Waals surface area contributed by atoms with Crippen molar-refractivity contribution in [2.24, 2.45) is 0 Å². The summed E-state index contributed by atoms with van der Waals surface area (Å²) in [6.45, 7) is 0. The first-order chi connectivity index (χ1) is 26.7. The van der Waals surface area contributed by atoms with Crippen LogP contribution in [0.1, 0.15) is 0 Å². The molecule has 0 aliphatic carbocycles. The monoisotopic (exact) mass is 694 g/mol. The van der Waals surface area contributed by atoms with Crippen molar-refractivity contribution in [1.29, 1.82) is 0 Å². The highest BCUT2D eigenvalue weighted by atomic mass is 16.4. The van der Waals surface area contributed by atoms with E-state index >= 15 is 0 Å². The van der Waals surface area contributed by atoms with Crippen molar-refractivity contribution in [2.75, 3.05) is 0 Å². The molecule has 0 fully saturated rings. The van der Waals surface area contributed by atoms with Gasteiger partial charge in [0.05, 0.1) is 17.1 Å². The van der Waals surface area contributed by atoms with Gasteiger partial charge in [0.15, 0.2) is 11.2 Å². The summed E-state index contributed by atoms with van der Waals surface area (Å²) in [6, 6.07) is 59.4. The third kappa shape index (κ3) is 5.72. The molecular formula is C48H30N4O2. The van der Waals surface area contributed by atoms with E-state index in [1.54, 1.807) is 6.20 Å². The van der Waals surface area contributed by atoms with Crippen LogP contribution in [0.5, 0.6) is 0 Å². The maximum absolute atomic E-state index is 6.17. The van der Waals surface area contributed by atoms with Gasteiger partial charge in [-0.25, -0.2) is 15.0 Å². The Bertz CT molecular complexity index is 2860. The van der Waals surface area contributed by atoms with Crippen molar-refractivity contribution in [1.82, 2.24) is 19.9 Å². The maximum atomic E-state index is 6.17. The number of para-hydroxylation sites is 4. The molecule has 0 saturated heterocycles. The lowest BCUT2D eigenvalue weighted by Crippen LogP contribution is -1.94. The van der Waals surface area contributed by atoms with E-state index in [0.717, 1.165) is 89.4 Å². The fraction of sp³-hybridized carbons (Fsp3) is 0. The topological polar surface area (TPSA) is 77.8 Å². The van der Waals surface area contributed by atoms with Crippen LogP contribution in [0.15, 0.2) is 191 Å². The summed E-state index contributed by atoms with van der Waals surface area (Å²) in [7, 11) is 0. The summed E-state index contributed by atoms with van der Waals surface area (Å²) in [6.07, 6.45) is 1.80. The molecule has 6 aromatic carbocycles. The first-order valence-electron chi connectivity index (χ1n) is 17.8. The number of hydrogen-bond acceptors (Lipinski definition) is 6. The Balaban J connectivity index is 1.03. The Morgan fingerprint density at radius 2 is 0.778 bits per heavy atom. The molecular weight excluding hydrogens is 665 g/mol. The van der Waals surface area contributed by atoms with Crippen LogP contribution in [0, 0.1) is 0 Å². The van der Waals surface area contributed by atoms with E-state index < -0.39 is 0 Å². The van der Waals surface area contributed by atoms with Crippen molar-refractivity contribution < 1.29 is 8.83 Å². The molecule has 6 nitrogen and oxygen atoms in total. The van der Waals surface area contributed by atoms with E-state index in [2.05, 4.69) is 83.8 Å². The highest BCUT2D eigenvalue weighted by Crippen LogP contribution is 2.39. The van der Waals surface area contributed by atoms with Crippen molar-refractivity contribution >= 4 is 22.2 Å². The van der Waals surface area contributed by atoms with Crippen molar-refractivity contribution in [3.05, 3.63) is 182 Å². The Morgan fingerprint density at radius 1 is 0.315 bits per heavy atom. The van der Waals surface area contributed by atoms with E-state index in [4.69, 9.17) is 23.8 Å². The number of hydrogen-bond donors (Lipinski definition) is 0. The van der Waals surface area contributed by atoms with Crippen LogP contribution < -0.4 is 0 Å². The van der Waals surface area contributed by atoms with Gasteiger partial charge < -0.3 is 8.83 Å². The smallest absolute Gasteiger partial charge is 0.227 e. The van der Waals surface area contributed by atoms with E-state index in [1.807, 2.05) is 97.1 Å². The van der Waals surface area contributed by atoms with Gasteiger partial charge in [0.2, 0.25) is 11.8 Å². The first kappa shape index (κ1) is 31.3. The highest BCUT2D eigenvalue weighted by molar-refractivity contribution is 5.89. The van der Waals surface area contributed by atoms with Crippen LogP contribution in [-0.4, -0.2) is 19.9 Å². The molecule has 254 valence electrons. The standard InChI is InChI=1S/C48H30N4O2/c1-3-13-38(47-51-42-16-5-7-18-44(42)53-47)35(11-1)31-20-22-33(23-21-31)37-28-29-41(40-15-9-10-30-49-40)50-46(37)34-26-24-32(25-27-34)36-12-2-4-14-39(36)48-52-43-17-6-8-19-45(43)54-48/h1-30H. The molecule has 10 aromatic rings. The van der Waals surface area contributed by atoms with E-state index in [9.17, 15) is 0 Å². The summed E-state index contributed by atoms with van der Waals surface area (Å²) >= 11 is 0. The Kier molecular flexibility index (Phi) is 7.69. The van der Waals surface area contributed by atoms with Gasteiger partial charge >= 0.3 is 0 Å². The molecule has 0 bridgehead atoms. The van der Waals surface area contributed by atoms with Crippen LogP contribution in [0.25, 0.3) is 101 Å². The zero-order chi connectivity index (χ0) is 35.8. The zero-order valence-electron chi connectivity index (χ0n) is 28.9. The van der Waals surface area contributed by atoms with Gasteiger partial charge in [-0.15, -0.1) is 0 Å².